The molecule has 0 spiro atoms. The third-order valence-corrected chi connectivity index (χ3v) is 8.05. The van der Waals surface area contributed by atoms with Crippen LogP contribution in [0.5, 0.6) is 0 Å². The SMILES string of the molecule is O=S(=O)(CCSc1nnc(NCc2ccc(F)cc2)s1)c1ccc(Br)cc1. The van der Waals surface area contributed by atoms with Gasteiger partial charge < -0.3 is 5.32 Å². The van der Waals surface area contributed by atoms with E-state index >= 15 is 0 Å². The Hall–Kier alpha value is -1.49. The number of hydrogen-bond acceptors (Lipinski definition) is 7. The lowest BCUT2D eigenvalue weighted by molar-refractivity contribution is 0.597. The van der Waals surface area contributed by atoms with Gasteiger partial charge in [0.2, 0.25) is 5.13 Å². The molecular weight excluding hydrogens is 473 g/mol. The molecule has 3 aromatic rings. The van der Waals surface area contributed by atoms with Crippen LogP contribution < -0.4 is 5.32 Å². The Bertz CT molecular complexity index is 993. The molecule has 0 bridgehead atoms. The van der Waals surface area contributed by atoms with E-state index in [0.29, 0.717) is 26.7 Å². The molecule has 0 saturated carbocycles. The number of nitrogens with one attached hydrogen (secondary N) is 1. The Labute approximate surface area is 173 Å². The molecular formula is C17H15BrFN3O2S3. The first-order chi connectivity index (χ1) is 12.9. The second-order valence-corrected chi connectivity index (χ2v) is 10.8. The predicted molar refractivity (Wildman–Crippen MR) is 111 cm³/mol. The number of hydrogen-bond donors (Lipinski definition) is 1. The van der Waals surface area contributed by atoms with Crippen molar-refractivity contribution in [3.63, 3.8) is 0 Å². The molecule has 1 N–H and O–H groups in total. The van der Waals surface area contributed by atoms with Gasteiger partial charge in [-0.1, -0.05) is 51.2 Å². The maximum Gasteiger partial charge on any atom is 0.206 e. The van der Waals surface area contributed by atoms with Crippen molar-refractivity contribution < 1.29 is 12.8 Å². The fourth-order valence-corrected chi connectivity index (χ4v) is 5.85. The molecule has 2 aromatic carbocycles. The van der Waals surface area contributed by atoms with Gasteiger partial charge in [-0.3, -0.25) is 0 Å². The third-order valence-electron chi connectivity index (χ3n) is 3.51. The Kier molecular flexibility index (Phi) is 6.85. The van der Waals surface area contributed by atoms with Crippen LogP contribution in [0.4, 0.5) is 9.52 Å². The number of sulfone groups is 1. The first-order valence-corrected chi connectivity index (χ1v) is 12.1. The highest BCUT2D eigenvalue weighted by molar-refractivity contribution is 9.10. The van der Waals surface area contributed by atoms with Gasteiger partial charge in [-0.25, -0.2) is 12.8 Å². The first kappa shape index (κ1) is 20.2. The quantitative estimate of drug-likeness (QED) is 0.467. The highest BCUT2D eigenvalue weighted by atomic mass is 79.9. The van der Waals surface area contributed by atoms with E-state index in [4.69, 9.17) is 0 Å². The van der Waals surface area contributed by atoms with Crippen molar-refractivity contribution in [2.24, 2.45) is 0 Å². The van der Waals surface area contributed by atoms with E-state index < -0.39 is 9.84 Å². The maximum absolute atomic E-state index is 12.9. The molecule has 5 nitrogen and oxygen atoms in total. The van der Waals surface area contributed by atoms with Crippen LogP contribution in [0.1, 0.15) is 5.56 Å². The fourth-order valence-electron chi connectivity index (χ4n) is 2.12. The molecule has 0 amide bonds. The normalized spacial score (nSPS) is 11.5. The molecule has 0 atom stereocenters. The van der Waals surface area contributed by atoms with Crippen LogP contribution in [0.15, 0.2) is 62.2 Å². The minimum Gasteiger partial charge on any atom is -0.356 e. The standard InChI is InChI=1S/C17H15BrFN3O2S3/c18-13-3-7-15(8-4-13)27(23,24)10-9-25-17-22-21-16(26-17)20-11-12-1-5-14(19)6-2-12/h1-8H,9-11H2,(H,20,21). The van der Waals surface area contributed by atoms with Gasteiger partial charge in [0.15, 0.2) is 14.2 Å². The summed E-state index contributed by atoms with van der Waals surface area (Å²) >= 11 is 6.01. The van der Waals surface area contributed by atoms with Crippen molar-refractivity contribution in [3.8, 4) is 0 Å². The van der Waals surface area contributed by atoms with Crippen molar-refractivity contribution >= 4 is 54.0 Å². The van der Waals surface area contributed by atoms with Gasteiger partial charge in [0.25, 0.3) is 0 Å². The minimum absolute atomic E-state index is 0.0250. The molecule has 0 aliphatic carbocycles. The molecule has 10 heteroatoms. The molecule has 0 fully saturated rings. The molecule has 1 aromatic heterocycles. The van der Waals surface area contributed by atoms with Gasteiger partial charge in [0.05, 0.1) is 10.6 Å². The number of nitrogens with zero attached hydrogens (tertiary/aromatic N) is 2. The van der Waals surface area contributed by atoms with E-state index in [9.17, 15) is 12.8 Å². The van der Waals surface area contributed by atoms with Crippen LogP contribution in [-0.2, 0) is 16.4 Å². The summed E-state index contributed by atoms with van der Waals surface area (Å²) in [5, 5.41) is 11.9. The van der Waals surface area contributed by atoms with Gasteiger partial charge in [-0.15, -0.1) is 10.2 Å². The Morgan fingerprint density at radius 1 is 1.07 bits per heavy atom. The molecule has 3 rings (SSSR count). The minimum atomic E-state index is -3.32. The van der Waals surface area contributed by atoms with Gasteiger partial charge in [-0.2, -0.15) is 0 Å². The lowest BCUT2D eigenvalue weighted by Gasteiger charge is -2.03. The highest BCUT2D eigenvalue weighted by Crippen LogP contribution is 2.26. The summed E-state index contributed by atoms with van der Waals surface area (Å²) in [6.07, 6.45) is 0. The zero-order chi connectivity index (χ0) is 19.3. The van der Waals surface area contributed by atoms with E-state index in [1.807, 2.05) is 0 Å². The smallest absolute Gasteiger partial charge is 0.206 e. The lowest BCUT2D eigenvalue weighted by Crippen LogP contribution is -2.08. The first-order valence-electron chi connectivity index (χ1n) is 7.85. The van der Waals surface area contributed by atoms with Crippen LogP contribution in [0.25, 0.3) is 0 Å². The second kappa shape index (κ2) is 9.13. The molecule has 1 heterocycles. The highest BCUT2D eigenvalue weighted by Gasteiger charge is 2.15. The fraction of sp³-hybridized carbons (Fsp3) is 0.176. The second-order valence-electron chi connectivity index (χ2n) is 5.47. The molecule has 27 heavy (non-hydrogen) atoms. The Morgan fingerprint density at radius 2 is 1.78 bits per heavy atom. The average molecular weight is 488 g/mol. The van der Waals surface area contributed by atoms with E-state index in [1.54, 1.807) is 36.4 Å². The largest absolute Gasteiger partial charge is 0.356 e. The molecule has 0 unspecified atom stereocenters. The summed E-state index contributed by atoms with van der Waals surface area (Å²) in [7, 11) is -3.32. The van der Waals surface area contributed by atoms with E-state index in [-0.39, 0.29) is 11.6 Å². The summed E-state index contributed by atoms with van der Waals surface area (Å²) in [6, 6.07) is 12.8. The predicted octanol–water partition coefficient (Wildman–Crippen LogP) is 4.62. The van der Waals surface area contributed by atoms with Crippen LogP contribution in [0.2, 0.25) is 0 Å². The molecule has 0 aliphatic rings. The number of rotatable bonds is 8. The summed E-state index contributed by atoms with van der Waals surface area (Å²) in [6.45, 7) is 0.511. The van der Waals surface area contributed by atoms with Crippen LogP contribution in [0.3, 0.4) is 0 Å². The van der Waals surface area contributed by atoms with Gasteiger partial charge in [0, 0.05) is 16.8 Å². The molecule has 142 valence electrons. The van der Waals surface area contributed by atoms with Crippen LogP contribution in [-0.4, -0.2) is 30.1 Å². The summed E-state index contributed by atoms with van der Waals surface area (Å²) < 4.78 is 39.1. The number of halogens is 2. The topological polar surface area (TPSA) is 72.0 Å². The number of benzene rings is 2. The maximum atomic E-state index is 12.9. The Balaban J connectivity index is 1.49. The summed E-state index contributed by atoms with van der Waals surface area (Å²) in [5.41, 5.74) is 0.932. The number of aromatic nitrogens is 2. The van der Waals surface area contributed by atoms with E-state index in [0.717, 1.165) is 10.0 Å². The van der Waals surface area contributed by atoms with Crippen molar-refractivity contribution in [2.45, 2.75) is 15.8 Å². The zero-order valence-corrected chi connectivity index (χ0v) is 18.0. The van der Waals surface area contributed by atoms with Gasteiger partial charge in [-0.05, 0) is 42.0 Å². The van der Waals surface area contributed by atoms with Gasteiger partial charge >= 0.3 is 0 Å². The zero-order valence-electron chi connectivity index (χ0n) is 13.9. The monoisotopic (exact) mass is 487 g/mol. The molecule has 0 saturated heterocycles. The van der Waals surface area contributed by atoms with Crippen LogP contribution >= 0.6 is 39.0 Å². The van der Waals surface area contributed by atoms with Crippen molar-refractivity contribution in [1.29, 1.82) is 0 Å². The van der Waals surface area contributed by atoms with E-state index in [1.165, 1.54) is 35.2 Å². The number of anilines is 1. The van der Waals surface area contributed by atoms with Crippen molar-refractivity contribution in [2.75, 3.05) is 16.8 Å². The summed E-state index contributed by atoms with van der Waals surface area (Å²) in [4.78, 5) is 0.310. The average Bonchev–Trinajstić information content (AvgIpc) is 3.09. The van der Waals surface area contributed by atoms with Crippen LogP contribution in [0, 0.1) is 5.82 Å². The van der Waals surface area contributed by atoms with Crippen molar-refractivity contribution in [1.82, 2.24) is 10.2 Å². The Morgan fingerprint density at radius 3 is 2.48 bits per heavy atom. The van der Waals surface area contributed by atoms with Crippen molar-refractivity contribution in [3.05, 3.63) is 64.4 Å². The lowest BCUT2D eigenvalue weighted by atomic mass is 10.2. The molecule has 0 aliphatic heterocycles. The molecule has 0 radical (unpaired) electrons. The third kappa shape index (κ3) is 6.00. The number of thioether (sulfide) groups is 1. The van der Waals surface area contributed by atoms with Gasteiger partial charge in [0.1, 0.15) is 5.82 Å². The van der Waals surface area contributed by atoms with E-state index in [2.05, 4.69) is 31.4 Å². The summed E-state index contributed by atoms with van der Waals surface area (Å²) in [5.74, 6) is 0.147.